The minimum absolute atomic E-state index is 0.00551. The molecule has 4 N–H and O–H groups in total. The van der Waals surface area contributed by atoms with E-state index < -0.39 is 5.92 Å². The fourth-order valence-corrected chi connectivity index (χ4v) is 3.07. The first-order valence-corrected chi connectivity index (χ1v) is 8.24. The van der Waals surface area contributed by atoms with Crippen LogP contribution in [0.25, 0.3) is 11.4 Å². The Hall–Kier alpha value is -2.21. The zero-order valence-corrected chi connectivity index (χ0v) is 14.6. The monoisotopic (exact) mass is 382 g/mol. The summed E-state index contributed by atoms with van der Waals surface area (Å²) in [6.07, 6.45) is 0. The van der Waals surface area contributed by atoms with E-state index in [4.69, 9.17) is 40.0 Å². The molecule has 10 heteroatoms. The van der Waals surface area contributed by atoms with Gasteiger partial charge < -0.3 is 11.6 Å². The molecule has 0 aliphatic rings. The van der Waals surface area contributed by atoms with Crippen molar-refractivity contribution in [2.24, 2.45) is 11.7 Å². The van der Waals surface area contributed by atoms with E-state index in [1.54, 1.807) is 24.3 Å². The van der Waals surface area contributed by atoms with Crippen molar-refractivity contribution in [1.82, 2.24) is 14.9 Å². The van der Waals surface area contributed by atoms with E-state index >= 15 is 0 Å². The highest BCUT2D eigenvalue weighted by Crippen LogP contribution is 2.30. The van der Waals surface area contributed by atoms with Gasteiger partial charge in [0.15, 0.2) is 11.6 Å². The Labute approximate surface area is 152 Å². The van der Waals surface area contributed by atoms with Crippen LogP contribution in [0, 0.1) is 17.2 Å². The molecular formula is C14H12Cl2N6OS. The van der Waals surface area contributed by atoms with Gasteiger partial charge in [-0.2, -0.15) is 5.26 Å². The van der Waals surface area contributed by atoms with Crippen molar-refractivity contribution in [1.29, 1.82) is 5.26 Å². The lowest BCUT2D eigenvalue weighted by atomic mass is 10.1. The van der Waals surface area contributed by atoms with Crippen LogP contribution in [0.2, 0.25) is 10.0 Å². The van der Waals surface area contributed by atoms with Crippen molar-refractivity contribution >= 4 is 40.7 Å². The highest BCUT2D eigenvalue weighted by molar-refractivity contribution is 7.99. The summed E-state index contributed by atoms with van der Waals surface area (Å²) in [5.41, 5.74) is 5.99. The van der Waals surface area contributed by atoms with Crippen LogP contribution in [-0.2, 0) is 4.79 Å². The van der Waals surface area contributed by atoms with E-state index in [2.05, 4.69) is 16.8 Å². The predicted octanol–water partition coefficient (Wildman–Crippen LogP) is 2.24. The summed E-state index contributed by atoms with van der Waals surface area (Å²) in [5.74, 6) is 4.80. The number of halogens is 2. The van der Waals surface area contributed by atoms with Crippen LogP contribution in [0.4, 0.5) is 0 Å². The highest BCUT2D eigenvalue weighted by atomic mass is 35.5. The van der Waals surface area contributed by atoms with Crippen LogP contribution in [0.3, 0.4) is 0 Å². The molecule has 0 saturated heterocycles. The molecule has 124 valence electrons. The zero-order valence-electron chi connectivity index (χ0n) is 12.2. The lowest BCUT2D eigenvalue weighted by Crippen LogP contribution is -2.21. The number of nitrogen functional groups attached to an aromatic ring is 1. The third-order valence-corrected chi connectivity index (χ3v) is 4.52. The number of ketones is 1. The predicted molar refractivity (Wildman–Crippen MR) is 93.8 cm³/mol. The normalized spacial score (nSPS) is 11.7. The summed E-state index contributed by atoms with van der Waals surface area (Å²) in [6, 6.07) is 6.69. The van der Waals surface area contributed by atoms with Gasteiger partial charge in [-0.1, -0.05) is 41.5 Å². The maximum Gasteiger partial charge on any atom is 0.210 e. The highest BCUT2D eigenvalue weighted by Gasteiger charge is 2.21. The first kappa shape index (κ1) is 18.1. The van der Waals surface area contributed by atoms with Crippen LogP contribution in [-0.4, -0.2) is 26.4 Å². The van der Waals surface area contributed by atoms with E-state index in [1.165, 1.54) is 4.68 Å². The van der Waals surface area contributed by atoms with Crippen LogP contribution in [0.5, 0.6) is 0 Å². The van der Waals surface area contributed by atoms with Gasteiger partial charge in [-0.15, -0.1) is 10.2 Å². The summed E-state index contributed by atoms with van der Waals surface area (Å²) >= 11 is 13.0. The molecule has 0 aliphatic heterocycles. The fourth-order valence-electron chi connectivity index (χ4n) is 1.81. The Kier molecular flexibility index (Phi) is 5.72. The minimum Gasteiger partial charge on any atom is -0.401 e. The van der Waals surface area contributed by atoms with Crippen molar-refractivity contribution in [2.75, 3.05) is 11.6 Å². The number of thioether (sulfide) groups is 1. The number of benzene rings is 1. The molecule has 7 nitrogen and oxygen atoms in total. The number of hydrogen-bond donors (Lipinski definition) is 2. The zero-order chi connectivity index (χ0) is 17.9. The number of nitriles is 1. The molecule has 0 unspecified atom stereocenters. The van der Waals surface area contributed by atoms with Gasteiger partial charge in [0, 0.05) is 16.3 Å². The Morgan fingerprint density at radius 1 is 1.46 bits per heavy atom. The number of hydrogen-bond acceptors (Lipinski definition) is 7. The molecule has 0 spiro atoms. The average Bonchev–Trinajstić information content (AvgIpc) is 2.86. The maximum absolute atomic E-state index is 12.0. The number of aromatic nitrogens is 3. The fraction of sp³-hybridized carbons (Fsp3) is 0.143. The minimum atomic E-state index is -1.06. The number of carbonyl (C=O) groups excluding carboxylic acids is 1. The van der Waals surface area contributed by atoms with Crippen molar-refractivity contribution in [3.63, 3.8) is 0 Å². The van der Waals surface area contributed by atoms with Gasteiger partial charge >= 0.3 is 0 Å². The van der Waals surface area contributed by atoms with Crippen molar-refractivity contribution in [3.05, 3.63) is 40.5 Å². The first-order chi connectivity index (χ1) is 11.3. The molecule has 2 aromatic rings. The number of nitrogens with two attached hydrogens (primary N) is 2. The van der Waals surface area contributed by atoms with E-state index in [0.29, 0.717) is 26.6 Å². The molecule has 0 amide bonds. The molecule has 0 aliphatic carbocycles. The summed E-state index contributed by atoms with van der Waals surface area (Å²) in [4.78, 5) is 12.0. The molecule has 1 aromatic heterocycles. The van der Waals surface area contributed by atoms with Gasteiger partial charge in [0.25, 0.3) is 0 Å². The van der Waals surface area contributed by atoms with Gasteiger partial charge in [-0.05, 0) is 18.2 Å². The summed E-state index contributed by atoms with van der Waals surface area (Å²) in [7, 11) is 0. The SMILES string of the molecule is C=C(N)[C@H](C#N)C(=O)CSc1nnc(-c2ccc(Cl)cc2Cl)n1N. The quantitative estimate of drug-likeness (QED) is 0.579. The Morgan fingerprint density at radius 2 is 2.17 bits per heavy atom. The number of nitrogens with zero attached hydrogens (tertiary/aromatic N) is 4. The van der Waals surface area contributed by atoms with Crippen LogP contribution >= 0.6 is 35.0 Å². The van der Waals surface area contributed by atoms with Crippen molar-refractivity contribution < 1.29 is 4.79 Å². The molecule has 0 saturated carbocycles. The molecule has 2 rings (SSSR count). The number of Topliss-reactive ketones (excluding diaryl/α,β-unsaturated/α-hetero) is 1. The molecule has 24 heavy (non-hydrogen) atoms. The van der Waals surface area contributed by atoms with Crippen LogP contribution in [0.15, 0.2) is 35.6 Å². The largest absolute Gasteiger partial charge is 0.401 e. The Balaban J connectivity index is 2.18. The molecule has 0 fully saturated rings. The summed E-state index contributed by atoms with van der Waals surface area (Å²) < 4.78 is 1.21. The Bertz CT molecular complexity index is 844. The van der Waals surface area contributed by atoms with E-state index in [0.717, 1.165) is 11.8 Å². The molecule has 1 aromatic carbocycles. The molecule has 1 heterocycles. The third-order valence-electron chi connectivity index (χ3n) is 3.00. The summed E-state index contributed by atoms with van der Waals surface area (Å²) in [6.45, 7) is 3.42. The van der Waals surface area contributed by atoms with E-state index in [-0.39, 0.29) is 17.2 Å². The molecular weight excluding hydrogens is 371 g/mol. The lowest BCUT2D eigenvalue weighted by Gasteiger charge is -2.07. The first-order valence-electron chi connectivity index (χ1n) is 6.50. The van der Waals surface area contributed by atoms with E-state index in [9.17, 15) is 4.79 Å². The van der Waals surface area contributed by atoms with Gasteiger partial charge in [0.05, 0.1) is 16.8 Å². The standard InChI is InChI=1S/C14H12Cl2N6OS/c1-7(18)10(5-17)12(23)6-24-14-21-20-13(22(14)19)9-3-2-8(15)4-11(9)16/h2-4,10H,1,6,18-19H2/t10-/m0/s1. The second kappa shape index (κ2) is 7.57. The average molecular weight is 383 g/mol. The maximum atomic E-state index is 12.0. The lowest BCUT2D eigenvalue weighted by molar-refractivity contribution is -0.117. The molecule has 0 bridgehead atoms. The number of rotatable bonds is 6. The van der Waals surface area contributed by atoms with E-state index in [1.807, 2.05) is 0 Å². The molecule has 1 atom stereocenters. The Morgan fingerprint density at radius 3 is 2.75 bits per heavy atom. The number of carbonyl (C=O) groups is 1. The second-order valence-corrected chi connectivity index (χ2v) is 6.48. The molecule has 0 radical (unpaired) electrons. The summed E-state index contributed by atoms with van der Waals surface area (Å²) in [5, 5.41) is 18.0. The second-order valence-electron chi connectivity index (χ2n) is 4.69. The van der Waals surface area contributed by atoms with Crippen LogP contribution in [0.1, 0.15) is 0 Å². The smallest absolute Gasteiger partial charge is 0.210 e. The van der Waals surface area contributed by atoms with Crippen LogP contribution < -0.4 is 11.6 Å². The van der Waals surface area contributed by atoms with Gasteiger partial charge in [-0.25, -0.2) is 4.68 Å². The van der Waals surface area contributed by atoms with Gasteiger partial charge in [-0.3, -0.25) is 4.79 Å². The van der Waals surface area contributed by atoms with Crippen molar-refractivity contribution in [2.45, 2.75) is 5.16 Å². The van der Waals surface area contributed by atoms with Gasteiger partial charge in [0.1, 0.15) is 5.92 Å². The third kappa shape index (κ3) is 3.82. The van der Waals surface area contributed by atoms with Crippen molar-refractivity contribution in [3.8, 4) is 17.5 Å². The van der Waals surface area contributed by atoms with Gasteiger partial charge in [0.2, 0.25) is 5.16 Å². The topological polar surface area (TPSA) is 124 Å². The number of allylic oxidation sites excluding steroid dienone is 1.